The number of aryl methyl sites for hydroxylation is 1. The van der Waals surface area contributed by atoms with Gasteiger partial charge in [0.05, 0.1) is 23.5 Å². The second kappa shape index (κ2) is 9.41. The number of ether oxygens (including phenoxy) is 1. The topological polar surface area (TPSA) is 47.4 Å². The van der Waals surface area contributed by atoms with E-state index >= 15 is 0 Å². The first kappa shape index (κ1) is 20.6. The number of nitrogens with zero attached hydrogens (tertiary/aromatic N) is 3. The zero-order valence-electron chi connectivity index (χ0n) is 17.6. The molecule has 3 aromatic rings. The molecule has 1 aromatic heterocycles. The highest BCUT2D eigenvalue weighted by molar-refractivity contribution is 5.76. The largest absolute Gasteiger partial charge is 0.439 e. The van der Waals surface area contributed by atoms with Crippen LogP contribution in [0.15, 0.2) is 60.7 Å². The van der Waals surface area contributed by atoms with Gasteiger partial charge in [0.2, 0.25) is 11.8 Å². The quantitative estimate of drug-likeness (QED) is 0.519. The van der Waals surface area contributed by atoms with Gasteiger partial charge in [-0.1, -0.05) is 57.2 Å². The summed E-state index contributed by atoms with van der Waals surface area (Å²) in [5.41, 5.74) is 2.71. The molecule has 0 N–H and O–H groups in total. The summed E-state index contributed by atoms with van der Waals surface area (Å²) in [4.78, 5) is 14.5. The molecule has 0 radical (unpaired) electrons. The van der Waals surface area contributed by atoms with E-state index < -0.39 is 0 Å². The van der Waals surface area contributed by atoms with E-state index in [2.05, 4.69) is 13.8 Å². The van der Waals surface area contributed by atoms with Crippen molar-refractivity contribution < 1.29 is 9.53 Å². The minimum atomic E-state index is 0.135. The van der Waals surface area contributed by atoms with E-state index in [-0.39, 0.29) is 5.91 Å². The summed E-state index contributed by atoms with van der Waals surface area (Å²) in [6.07, 6.45) is 0.480. The lowest BCUT2D eigenvalue weighted by atomic mass is 10.1. The van der Waals surface area contributed by atoms with Gasteiger partial charge in [0.25, 0.3) is 0 Å². The first-order valence-electron chi connectivity index (χ1n) is 10.1. The van der Waals surface area contributed by atoms with E-state index in [1.54, 1.807) is 0 Å². The minimum absolute atomic E-state index is 0.135. The van der Waals surface area contributed by atoms with Gasteiger partial charge in [-0.05, 0) is 37.1 Å². The molecule has 3 rings (SSSR count). The van der Waals surface area contributed by atoms with Gasteiger partial charge in [-0.3, -0.25) is 4.79 Å². The standard InChI is InChI=1S/C24H29N3O2/c1-5-23(28)26(16-18(2)3)17-22-19(4)25-27(20-12-8-6-9-13-20)24(22)29-21-14-10-7-11-15-21/h6-15,18H,5,16-17H2,1-4H3. The maximum Gasteiger partial charge on any atom is 0.227 e. The molecule has 0 saturated heterocycles. The summed E-state index contributed by atoms with van der Waals surface area (Å²) in [5, 5.41) is 4.75. The Morgan fingerprint density at radius 1 is 1.07 bits per heavy atom. The Kier molecular flexibility index (Phi) is 6.70. The average Bonchev–Trinajstić information content (AvgIpc) is 3.03. The normalized spacial score (nSPS) is 10.9. The van der Waals surface area contributed by atoms with Crippen LogP contribution in [0.4, 0.5) is 0 Å². The van der Waals surface area contributed by atoms with Crippen molar-refractivity contribution >= 4 is 5.91 Å². The molecule has 1 amide bonds. The van der Waals surface area contributed by atoms with E-state index in [0.717, 1.165) is 22.7 Å². The molecule has 5 heteroatoms. The predicted octanol–water partition coefficient (Wildman–Crippen LogP) is 5.37. The Morgan fingerprint density at radius 3 is 2.28 bits per heavy atom. The van der Waals surface area contributed by atoms with Gasteiger partial charge in [0.1, 0.15) is 5.75 Å². The Labute approximate surface area is 172 Å². The highest BCUT2D eigenvalue weighted by Gasteiger charge is 2.23. The Balaban J connectivity index is 2.05. The lowest BCUT2D eigenvalue weighted by Crippen LogP contribution is -2.33. The van der Waals surface area contributed by atoms with Crippen molar-refractivity contribution in [2.75, 3.05) is 6.54 Å². The summed E-state index contributed by atoms with van der Waals surface area (Å²) in [6.45, 7) is 9.29. The fourth-order valence-electron chi connectivity index (χ4n) is 3.28. The molecule has 0 spiro atoms. The van der Waals surface area contributed by atoms with Crippen molar-refractivity contribution in [1.82, 2.24) is 14.7 Å². The van der Waals surface area contributed by atoms with Gasteiger partial charge in [-0.2, -0.15) is 5.10 Å². The van der Waals surface area contributed by atoms with Crippen molar-refractivity contribution in [3.8, 4) is 17.3 Å². The second-order valence-electron chi connectivity index (χ2n) is 7.55. The number of hydrogen-bond acceptors (Lipinski definition) is 3. The summed E-state index contributed by atoms with van der Waals surface area (Å²) < 4.78 is 8.12. The number of carbonyl (C=O) groups is 1. The van der Waals surface area contributed by atoms with Crippen LogP contribution in [0.2, 0.25) is 0 Å². The highest BCUT2D eigenvalue weighted by Crippen LogP contribution is 2.31. The van der Waals surface area contributed by atoms with E-state index in [1.807, 2.05) is 84.1 Å². The Hall–Kier alpha value is -3.08. The molecule has 1 heterocycles. The van der Waals surface area contributed by atoms with Crippen molar-refractivity contribution in [2.24, 2.45) is 5.92 Å². The van der Waals surface area contributed by atoms with E-state index in [0.29, 0.717) is 31.3 Å². The molecule has 0 fully saturated rings. The zero-order chi connectivity index (χ0) is 20.8. The third-order valence-electron chi connectivity index (χ3n) is 4.69. The van der Waals surface area contributed by atoms with Crippen LogP contribution in [-0.4, -0.2) is 27.1 Å². The summed E-state index contributed by atoms with van der Waals surface area (Å²) in [7, 11) is 0. The van der Waals surface area contributed by atoms with Gasteiger partial charge < -0.3 is 9.64 Å². The Bertz CT molecular complexity index is 934. The molecule has 0 bridgehead atoms. The fourth-order valence-corrected chi connectivity index (χ4v) is 3.28. The number of amides is 1. The lowest BCUT2D eigenvalue weighted by Gasteiger charge is -2.24. The fraction of sp³-hybridized carbons (Fsp3) is 0.333. The third kappa shape index (κ3) is 5.05. The molecule has 2 aromatic carbocycles. The molecule has 0 aliphatic rings. The maximum absolute atomic E-state index is 12.6. The number of carbonyl (C=O) groups excluding carboxylic acids is 1. The highest BCUT2D eigenvalue weighted by atomic mass is 16.5. The van der Waals surface area contributed by atoms with Crippen LogP contribution in [0.5, 0.6) is 11.6 Å². The van der Waals surface area contributed by atoms with Crippen LogP contribution >= 0.6 is 0 Å². The molecule has 29 heavy (non-hydrogen) atoms. The molecule has 0 saturated carbocycles. The van der Waals surface area contributed by atoms with E-state index in [1.165, 1.54) is 0 Å². The van der Waals surface area contributed by atoms with Gasteiger partial charge >= 0.3 is 0 Å². The summed E-state index contributed by atoms with van der Waals surface area (Å²) >= 11 is 0. The van der Waals surface area contributed by atoms with Gasteiger partial charge in [0.15, 0.2) is 0 Å². The van der Waals surface area contributed by atoms with Crippen molar-refractivity contribution in [2.45, 2.75) is 40.7 Å². The molecule has 5 nitrogen and oxygen atoms in total. The van der Waals surface area contributed by atoms with Gasteiger partial charge in [-0.15, -0.1) is 0 Å². The van der Waals surface area contributed by atoms with Crippen LogP contribution in [0.1, 0.15) is 38.4 Å². The molecular weight excluding hydrogens is 362 g/mol. The molecule has 0 atom stereocenters. The van der Waals surface area contributed by atoms with Crippen molar-refractivity contribution in [1.29, 1.82) is 0 Å². The third-order valence-corrected chi connectivity index (χ3v) is 4.69. The number of hydrogen-bond donors (Lipinski definition) is 0. The molecule has 152 valence electrons. The van der Waals surface area contributed by atoms with Crippen LogP contribution in [0.25, 0.3) is 5.69 Å². The van der Waals surface area contributed by atoms with Gasteiger partial charge in [-0.25, -0.2) is 4.68 Å². The first-order chi connectivity index (χ1) is 14.0. The molecule has 0 aliphatic heterocycles. The van der Waals surface area contributed by atoms with Crippen molar-refractivity contribution in [3.63, 3.8) is 0 Å². The smallest absolute Gasteiger partial charge is 0.227 e. The molecular formula is C24H29N3O2. The first-order valence-corrected chi connectivity index (χ1v) is 10.1. The summed E-state index contributed by atoms with van der Waals surface area (Å²) in [6, 6.07) is 19.6. The van der Waals surface area contributed by atoms with E-state index in [9.17, 15) is 4.79 Å². The minimum Gasteiger partial charge on any atom is -0.439 e. The van der Waals surface area contributed by atoms with E-state index in [4.69, 9.17) is 9.84 Å². The van der Waals surface area contributed by atoms with Crippen molar-refractivity contribution in [3.05, 3.63) is 71.9 Å². The zero-order valence-corrected chi connectivity index (χ0v) is 17.6. The number of benzene rings is 2. The van der Waals surface area contributed by atoms with Gasteiger partial charge in [0, 0.05) is 13.0 Å². The maximum atomic E-state index is 12.6. The monoisotopic (exact) mass is 391 g/mol. The number of aromatic nitrogens is 2. The van der Waals surface area contributed by atoms with Crippen LogP contribution in [0, 0.1) is 12.8 Å². The van der Waals surface area contributed by atoms with Crippen LogP contribution in [-0.2, 0) is 11.3 Å². The molecule has 0 aliphatic carbocycles. The Morgan fingerprint density at radius 2 is 1.69 bits per heavy atom. The number of rotatable bonds is 8. The average molecular weight is 392 g/mol. The van der Waals surface area contributed by atoms with Crippen LogP contribution < -0.4 is 4.74 Å². The SMILES string of the molecule is CCC(=O)N(Cc1c(C)nn(-c2ccccc2)c1Oc1ccccc1)CC(C)C. The second-order valence-corrected chi connectivity index (χ2v) is 7.55. The van der Waals surface area contributed by atoms with Crippen LogP contribution in [0.3, 0.4) is 0 Å². The molecule has 0 unspecified atom stereocenters. The number of para-hydroxylation sites is 2. The predicted molar refractivity (Wildman–Crippen MR) is 115 cm³/mol. The summed E-state index contributed by atoms with van der Waals surface area (Å²) in [5.74, 6) is 1.91. The lowest BCUT2D eigenvalue weighted by molar-refractivity contribution is -0.132.